The molecule has 2 amide bonds. The summed E-state index contributed by atoms with van der Waals surface area (Å²) in [7, 11) is 8.97. The van der Waals surface area contributed by atoms with Gasteiger partial charge in [-0.1, -0.05) is 63.1 Å². The van der Waals surface area contributed by atoms with Crippen LogP contribution in [-0.2, 0) is 13.1 Å². The number of nitrogens with zero attached hydrogens (tertiary/aromatic N) is 4. The number of unbranched alkanes of at least 4 members (excludes halogenated alkanes) is 2. The van der Waals surface area contributed by atoms with Crippen LogP contribution in [0.25, 0.3) is 0 Å². The van der Waals surface area contributed by atoms with E-state index >= 15 is 0 Å². The summed E-state index contributed by atoms with van der Waals surface area (Å²) >= 11 is 0. The molecule has 0 bridgehead atoms. The van der Waals surface area contributed by atoms with Gasteiger partial charge in [0.25, 0.3) is 11.8 Å². The van der Waals surface area contributed by atoms with Gasteiger partial charge in [0.15, 0.2) is 0 Å². The van der Waals surface area contributed by atoms with Crippen LogP contribution in [0, 0.1) is 0 Å². The zero-order valence-electron chi connectivity index (χ0n) is 29.5. The Morgan fingerprint density at radius 2 is 0.938 bits per heavy atom. The van der Waals surface area contributed by atoms with Crippen molar-refractivity contribution in [2.45, 2.75) is 52.6 Å². The molecule has 0 unspecified atom stereocenters. The van der Waals surface area contributed by atoms with Crippen molar-refractivity contribution in [3.05, 3.63) is 119 Å². The lowest BCUT2D eigenvalue weighted by molar-refractivity contribution is -0.903. The van der Waals surface area contributed by atoms with E-state index in [1.165, 1.54) is 36.8 Å². The maximum Gasteiger partial charge on any atom is 0.255 e. The molecule has 0 aliphatic carbocycles. The molecule has 4 rings (SSSR count). The fraction of sp³-hybridized carbons (Fsp3) is 0.350. The summed E-state index contributed by atoms with van der Waals surface area (Å²) in [5.41, 5.74) is 6.09. The van der Waals surface area contributed by atoms with Gasteiger partial charge in [0.05, 0.1) is 52.7 Å². The second kappa shape index (κ2) is 16.9. The first-order valence-corrected chi connectivity index (χ1v) is 17.0. The molecule has 4 aromatic carbocycles. The molecule has 4 aromatic rings. The molecule has 48 heavy (non-hydrogen) atoms. The fourth-order valence-corrected chi connectivity index (χ4v) is 5.66. The van der Waals surface area contributed by atoms with Crippen LogP contribution < -0.4 is 10.6 Å². The summed E-state index contributed by atoms with van der Waals surface area (Å²) in [6, 6.07) is 30.2. The Morgan fingerprint density at radius 3 is 1.29 bits per heavy atom. The molecule has 0 saturated heterocycles. The van der Waals surface area contributed by atoms with Crippen LogP contribution in [-0.4, -0.2) is 62.1 Å². The van der Waals surface area contributed by atoms with E-state index in [0.717, 1.165) is 35.1 Å². The number of amides is 2. The molecule has 0 aliphatic heterocycles. The second-order valence-corrected chi connectivity index (χ2v) is 13.9. The molecule has 2 N–H and O–H groups in total. The summed E-state index contributed by atoms with van der Waals surface area (Å²) in [6.07, 6.45) is 4.77. The number of nitrogens with one attached hydrogen (secondary N) is 2. The molecule has 0 aliphatic rings. The van der Waals surface area contributed by atoms with Crippen molar-refractivity contribution in [3.63, 3.8) is 0 Å². The predicted molar refractivity (Wildman–Crippen MR) is 197 cm³/mol. The van der Waals surface area contributed by atoms with Crippen LogP contribution in [0.4, 0.5) is 22.7 Å². The van der Waals surface area contributed by atoms with Gasteiger partial charge in [-0.25, -0.2) is 0 Å². The van der Waals surface area contributed by atoms with Gasteiger partial charge >= 0.3 is 0 Å². The van der Waals surface area contributed by atoms with Crippen molar-refractivity contribution in [1.29, 1.82) is 0 Å². The van der Waals surface area contributed by atoms with Crippen molar-refractivity contribution in [3.8, 4) is 0 Å². The van der Waals surface area contributed by atoms with Crippen LogP contribution in [0.1, 0.15) is 71.4 Å². The van der Waals surface area contributed by atoms with Crippen molar-refractivity contribution in [2.75, 3.05) is 51.9 Å². The third-order valence-corrected chi connectivity index (χ3v) is 8.38. The van der Waals surface area contributed by atoms with Gasteiger partial charge < -0.3 is 19.6 Å². The van der Waals surface area contributed by atoms with Crippen LogP contribution in [0.2, 0.25) is 0 Å². The minimum atomic E-state index is -0.177. The summed E-state index contributed by atoms with van der Waals surface area (Å²) in [5, 5.41) is 14.7. The zero-order valence-corrected chi connectivity index (χ0v) is 29.5. The van der Waals surface area contributed by atoms with Gasteiger partial charge in [0, 0.05) is 33.6 Å². The van der Waals surface area contributed by atoms with Crippen molar-refractivity contribution in [2.24, 2.45) is 10.2 Å². The molecule has 0 fully saturated rings. The monoisotopic (exact) mass is 648 g/mol. The summed E-state index contributed by atoms with van der Waals surface area (Å²) in [6.45, 7) is 8.53. The van der Waals surface area contributed by atoms with E-state index in [4.69, 9.17) is 0 Å². The molecule has 0 heterocycles. The SMILES string of the molecule is CCCC[N+](C)(C)Cc1ccc(C(=O)Nc2cccc(/N=N/c3cccc(NC(=O)c4ccc(C[N+](C)(C)CCCC)cc4)c3)c2)cc1. The summed E-state index contributed by atoms with van der Waals surface area (Å²) in [5.74, 6) is -0.355. The van der Waals surface area contributed by atoms with Gasteiger partial charge in [0.1, 0.15) is 13.1 Å². The highest BCUT2D eigenvalue weighted by Crippen LogP contribution is 2.24. The fourth-order valence-electron chi connectivity index (χ4n) is 5.66. The van der Waals surface area contributed by atoms with Crippen molar-refractivity contribution in [1.82, 2.24) is 0 Å². The number of carbonyl (C=O) groups is 2. The van der Waals surface area contributed by atoms with Gasteiger partial charge in [-0.3, -0.25) is 9.59 Å². The third-order valence-electron chi connectivity index (χ3n) is 8.38. The van der Waals surface area contributed by atoms with Gasteiger partial charge in [-0.2, -0.15) is 10.2 Å². The molecular formula is C40H52N6O2+2. The lowest BCUT2D eigenvalue weighted by atomic mass is 10.1. The second-order valence-electron chi connectivity index (χ2n) is 13.9. The van der Waals surface area contributed by atoms with Crippen molar-refractivity contribution < 1.29 is 18.6 Å². The Labute approximate surface area is 286 Å². The molecular weight excluding hydrogens is 596 g/mol. The predicted octanol–water partition coefficient (Wildman–Crippen LogP) is 9.36. The Kier molecular flexibility index (Phi) is 12.8. The average molecular weight is 649 g/mol. The van der Waals surface area contributed by atoms with Crippen molar-refractivity contribution >= 4 is 34.6 Å². The highest BCUT2D eigenvalue weighted by Gasteiger charge is 2.17. The molecule has 0 radical (unpaired) electrons. The Morgan fingerprint density at radius 1 is 0.562 bits per heavy atom. The topological polar surface area (TPSA) is 82.9 Å². The highest BCUT2D eigenvalue weighted by atomic mass is 16.2. The number of rotatable bonds is 16. The maximum atomic E-state index is 13.0. The quantitative estimate of drug-likeness (QED) is 0.0938. The molecule has 0 aromatic heterocycles. The normalized spacial score (nSPS) is 11.9. The first kappa shape index (κ1) is 36.2. The minimum Gasteiger partial charge on any atom is -0.325 e. The van der Waals surface area contributed by atoms with Gasteiger partial charge in [0.2, 0.25) is 0 Å². The van der Waals surface area contributed by atoms with Crippen LogP contribution in [0.5, 0.6) is 0 Å². The van der Waals surface area contributed by atoms with Crippen LogP contribution in [0.3, 0.4) is 0 Å². The van der Waals surface area contributed by atoms with E-state index < -0.39 is 0 Å². The van der Waals surface area contributed by atoms with Gasteiger partial charge in [-0.05, 0) is 73.5 Å². The molecule has 8 heteroatoms. The first-order valence-electron chi connectivity index (χ1n) is 17.0. The third kappa shape index (κ3) is 11.5. The Hall–Kier alpha value is -4.66. The standard InChI is InChI=1S/C40H50N6O2/c1-7-9-25-45(3,4)29-31-17-21-33(22-18-31)39(47)41-35-13-11-15-37(27-35)43-44-38-16-12-14-36(28-38)42-40(48)34-23-19-32(20-24-34)30-46(5,6)26-10-8-2/h11-24,27-28H,7-10,25-26,29-30H2,1-6H3/p+2/b44-43+. The molecule has 0 atom stereocenters. The lowest BCUT2D eigenvalue weighted by Gasteiger charge is -2.29. The Balaban J connectivity index is 1.33. The summed E-state index contributed by atoms with van der Waals surface area (Å²) in [4.78, 5) is 25.9. The van der Waals surface area contributed by atoms with Gasteiger partial charge in [-0.15, -0.1) is 0 Å². The summed E-state index contributed by atoms with van der Waals surface area (Å²) < 4.78 is 1.84. The zero-order chi connectivity index (χ0) is 34.6. The number of carbonyl (C=O) groups excluding carboxylic acids is 2. The molecule has 252 valence electrons. The number of anilines is 2. The largest absolute Gasteiger partial charge is 0.325 e. The van der Waals surface area contributed by atoms with E-state index in [9.17, 15) is 9.59 Å². The molecule has 0 spiro atoms. The smallest absolute Gasteiger partial charge is 0.255 e. The number of hydrogen-bond acceptors (Lipinski definition) is 4. The highest BCUT2D eigenvalue weighted by molar-refractivity contribution is 6.05. The number of hydrogen-bond donors (Lipinski definition) is 2. The van der Waals surface area contributed by atoms with E-state index in [1.807, 2.05) is 84.9 Å². The average Bonchev–Trinajstić information content (AvgIpc) is 3.06. The van der Waals surface area contributed by atoms with E-state index in [0.29, 0.717) is 33.9 Å². The number of quaternary nitrogens is 2. The van der Waals surface area contributed by atoms with E-state index in [-0.39, 0.29) is 11.8 Å². The number of azo groups is 1. The molecule has 0 saturated carbocycles. The Bertz CT molecular complexity index is 1550. The minimum absolute atomic E-state index is 0.177. The lowest BCUT2D eigenvalue weighted by Crippen LogP contribution is -2.39. The van der Waals surface area contributed by atoms with Crippen LogP contribution >= 0.6 is 0 Å². The van der Waals surface area contributed by atoms with Crippen LogP contribution in [0.15, 0.2) is 107 Å². The van der Waals surface area contributed by atoms with E-state index in [1.54, 1.807) is 12.1 Å². The first-order chi connectivity index (χ1) is 22.9. The number of benzene rings is 4. The maximum absolute atomic E-state index is 13.0. The van der Waals surface area contributed by atoms with E-state index in [2.05, 4.69) is 62.9 Å². The molecule has 8 nitrogen and oxygen atoms in total.